The van der Waals surface area contributed by atoms with Crippen LogP contribution in [-0.2, 0) is 19.1 Å². The topological polar surface area (TPSA) is 114 Å². The molecule has 0 aromatic heterocycles. The predicted octanol–water partition coefficient (Wildman–Crippen LogP) is 7.21. The van der Waals surface area contributed by atoms with Gasteiger partial charge in [0.15, 0.2) is 0 Å². The van der Waals surface area contributed by atoms with Gasteiger partial charge in [-0.05, 0) is 103 Å². The van der Waals surface area contributed by atoms with Crippen LogP contribution < -0.4 is 14.2 Å². The van der Waals surface area contributed by atoms with Crippen LogP contribution in [0.2, 0.25) is 0 Å². The van der Waals surface area contributed by atoms with Gasteiger partial charge in [0, 0.05) is 12.2 Å². The van der Waals surface area contributed by atoms with Gasteiger partial charge in [-0.15, -0.1) is 0 Å². The molecule has 0 bridgehead atoms. The van der Waals surface area contributed by atoms with Crippen LogP contribution in [0.3, 0.4) is 0 Å². The van der Waals surface area contributed by atoms with Crippen molar-refractivity contribution in [1.29, 1.82) is 0 Å². The molecular formula is C37H38O9. The maximum atomic E-state index is 12.8. The molecule has 4 rings (SSSR count). The lowest BCUT2D eigenvalue weighted by Gasteiger charge is -2.36. The maximum absolute atomic E-state index is 12.8. The summed E-state index contributed by atoms with van der Waals surface area (Å²) in [5.41, 5.74) is 1.39. The third-order valence-corrected chi connectivity index (χ3v) is 7.71. The van der Waals surface area contributed by atoms with Gasteiger partial charge in [0.1, 0.15) is 23.4 Å². The fourth-order valence-corrected chi connectivity index (χ4v) is 5.14. The lowest BCUT2D eigenvalue weighted by atomic mass is 9.75. The van der Waals surface area contributed by atoms with Crippen molar-refractivity contribution in [2.24, 2.45) is 17.8 Å². The first-order valence-corrected chi connectivity index (χ1v) is 15.2. The van der Waals surface area contributed by atoms with Gasteiger partial charge in [-0.25, -0.2) is 19.2 Å². The summed E-state index contributed by atoms with van der Waals surface area (Å²) < 4.78 is 26.7. The zero-order valence-corrected chi connectivity index (χ0v) is 26.2. The molecule has 3 aromatic carbocycles. The molecule has 3 aromatic rings. The van der Waals surface area contributed by atoms with E-state index in [0.717, 1.165) is 25.3 Å². The van der Waals surface area contributed by atoms with Crippen LogP contribution in [-0.4, -0.2) is 36.8 Å². The molecule has 0 heterocycles. The first-order valence-electron chi connectivity index (χ1n) is 15.2. The summed E-state index contributed by atoms with van der Waals surface area (Å²) in [6.45, 7) is 9.55. The molecule has 1 aliphatic carbocycles. The predicted molar refractivity (Wildman–Crippen MR) is 171 cm³/mol. The second kappa shape index (κ2) is 16.2. The van der Waals surface area contributed by atoms with Crippen molar-refractivity contribution >= 4 is 30.0 Å². The van der Waals surface area contributed by atoms with Gasteiger partial charge in [-0.2, -0.15) is 0 Å². The highest BCUT2D eigenvalue weighted by molar-refractivity contribution is 5.92. The fraction of sp³-hybridized carbons (Fsp3) is 0.297. The zero-order chi connectivity index (χ0) is 33.1. The number of rotatable bonds is 12. The molecule has 3 atom stereocenters. The normalized spacial score (nSPS) is 17.6. The van der Waals surface area contributed by atoms with Crippen molar-refractivity contribution < 1.29 is 42.9 Å². The number of benzene rings is 3. The molecular weight excluding hydrogens is 588 g/mol. The molecule has 0 spiro atoms. The first-order chi connectivity index (χ1) is 22.1. The largest absolute Gasteiger partial charge is 0.458 e. The standard InChI is InChI=1S/C37H38O9/c1-5-34(38)43-23-42-29-16-10-27(11-17-29)36(40)45-31-14-7-26(8-15-31)9-21-35(39)44-30-18-12-28(13-19-30)37(41)46-33-22-25(4)6-20-32(33)24(2)3/h5,7-19,21,24-25,32-33H,1,6,20,22-23H2,2-4H3/b21-9+. The van der Waals surface area contributed by atoms with E-state index in [0.29, 0.717) is 51.7 Å². The second-order valence-corrected chi connectivity index (χ2v) is 11.5. The van der Waals surface area contributed by atoms with Crippen LogP contribution in [0.1, 0.15) is 66.3 Å². The minimum absolute atomic E-state index is 0.0951. The average molecular weight is 627 g/mol. The Balaban J connectivity index is 1.23. The number of esters is 4. The fourth-order valence-electron chi connectivity index (χ4n) is 5.14. The molecule has 0 aliphatic heterocycles. The van der Waals surface area contributed by atoms with E-state index in [1.165, 1.54) is 18.2 Å². The average Bonchev–Trinajstić information content (AvgIpc) is 3.04. The SMILES string of the molecule is C=CC(=O)OCOc1ccc(C(=O)Oc2ccc(/C=C/C(=O)Oc3ccc(C(=O)OC4CC(C)CCC4C(C)C)cc3)cc2)cc1. The van der Waals surface area contributed by atoms with E-state index in [1.807, 2.05) is 0 Å². The van der Waals surface area contributed by atoms with Crippen molar-refractivity contribution in [3.8, 4) is 17.2 Å². The quantitative estimate of drug-likeness (QED) is 0.0890. The van der Waals surface area contributed by atoms with E-state index < -0.39 is 17.9 Å². The highest BCUT2D eigenvalue weighted by atomic mass is 16.7. The van der Waals surface area contributed by atoms with Crippen molar-refractivity contribution in [2.75, 3.05) is 6.79 Å². The molecule has 46 heavy (non-hydrogen) atoms. The Kier molecular flexibility index (Phi) is 11.9. The smallest absolute Gasteiger partial charge is 0.343 e. The highest BCUT2D eigenvalue weighted by Gasteiger charge is 2.33. The van der Waals surface area contributed by atoms with Gasteiger partial charge in [-0.3, -0.25) is 0 Å². The molecule has 0 N–H and O–H groups in total. The monoisotopic (exact) mass is 626 g/mol. The molecule has 3 unspecified atom stereocenters. The maximum Gasteiger partial charge on any atom is 0.343 e. The molecule has 240 valence electrons. The Hall–Kier alpha value is -5.18. The first kappa shape index (κ1) is 33.7. The lowest BCUT2D eigenvalue weighted by Crippen LogP contribution is -2.35. The molecule has 1 saturated carbocycles. The van der Waals surface area contributed by atoms with Gasteiger partial charge in [0.25, 0.3) is 0 Å². The molecule has 0 saturated heterocycles. The highest BCUT2D eigenvalue weighted by Crippen LogP contribution is 2.35. The molecule has 1 aliphatic rings. The van der Waals surface area contributed by atoms with Crippen molar-refractivity contribution in [3.05, 3.63) is 108 Å². The zero-order valence-electron chi connectivity index (χ0n) is 26.2. The molecule has 9 nitrogen and oxygen atoms in total. The number of ether oxygens (including phenoxy) is 5. The van der Waals surface area contributed by atoms with E-state index in [4.69, 9.17) is 23.7 Å². The number of hydrogen-bond acceptors (Lipinski definition) is 9. The summed E-state index contributed by atoms with van der Waals surface area (Å²) in [6.07, 6.45) is 6.87. The van der Waals surface area contributed by atoms with Crippen LogP contribution in [0.15, 0.2) is 91.5 Å². The summed E-state index contributed by atoms with van der Waals surface area (Å²) in [5, 5.41) is 0. The van der Waals surface area contributed by atoms with E-state index in [9.17, 15) is 19.2 Å². The number of hydrogen-bond donors (Lipinski definition) is 0. The Morgan fingerprint density at radius 2 is 1.37 bits per heavy atom. The van der Waals surface area contributed by atoms with E-state index in [-0.39, 0.29) is 18.9 Å². The Bertz CT molecular complexity index is 1540. The van der Waals surface area contributed by atoms with E-state index >= 15 is 0 Å². The molecule has 0 amide bonds. The Morgan fingerprint density at radius 3 is 2.00 bits per heavy atom. The van der Waals surface area contributed by atoms with Gasteiger partial charge in [-0.1, -0.05) is 45.9 Å². The van der Waals surface area contributed by atoms with E-state index in [2.05, 4.69) is 27.4 Å². The van der Waals surface area contributed by atoms with E-state index in [1.54, 1.807) is 66.7 Å². The third-order valence-electron chi connectivity index (χ3n) is 7.71. The van der Waals surface area contributed by atoms with Crippen LogP contribution in [0.4, 0.5) is 0 Å². The van der Waals surface area contributed by atoms with Gasteiger partial charge in [0.05, 0.1) is 11.1 Å². The Labute approximate surface area is 268 Å². The van der Waals surface area contributed by atoms with Crippen LogP contribution in [0.5, 0.6) is 17.2 Å². The van der Waals surface area contributed by atoms with Gasteiger partial charge < -0.3 is 23.7 Å². The molecule has 1 fully saturated rings. The minimum Gasteiger partial charge on any atom is -0.458 e. The summed E-state index contributed by atoms with van der Waals surface area (Å²) in [7, 11) is 0. The molecule has 0 radical (unpaired) electrons. The summed E-state index contributed by atoms with van der Waals surface area (Å²) in [4.78, 5) is 48.8. The lowest BCUT2D eigenvalue weighted by molar-refractivity contribution is -0.144. The van der Waals surface area contributed by atoms with Crippen molar-refractivity contribution in [2.45, 2.75) is 46.1 Å². The summed E-state index contributed by atoms with van der Waals surface area (Å²) in [6, 6.07) is 19.0. The molecule has 9 heteroatoms. The van der Waals surface area contributed by atoms with Gasteiger partial charge >= 0.3 is 23.9 Å². The third kappa shape index (κ3) is 9.92. The Morgan fingerprint density at radius 1 is 0.783 bits per heavy atom. The van der Waals surface area contributed by atoms with Crippen LogP contribution in [0.25, 0.3) is 6.08 Å². The summed E-state index contributed by atoms with van der Waals surface area (Å²) >= 11 is 0. The summed E-state index contributed by atoms with van der Waals surface area (Å²) in [5.74, 6) is 0.214. The van der Waals surface area contributed by atoms with Crippen molar-refractivity contribution in [3.63, 3.8) is 0 Å². The minimum atomic E-state index is -0.604. The van der Waals surface area contributed by atoms with Crippen LogP contribution in [0, 0.1) is 17.8 Å². The van der Waals surface area contributed by atoms with Crippen molar-refractivity contribution in [1.82, 2.24) is 0 Å². The van der Waals surface area contributed by atoms with Gasteiger partial charge in [0.2, 0.25) is 6.79 Å². The van der Waals surface area contributed by atoms with Crippen LogP contribution >= 0.6 is 0 Å². The number of carbonyl (C=O) groups is 4. The number of carbonyl (C=O) groups excluding carboxylic acids is 4. The second-order valence-electron chi connectivity index (χ2n) is 11.5.